The minimum atomic E-state index is -3.31. The molecule has 0 radical (unpaired) electrons. The maximum absolute atomic E-state index is 12.2. The van der Waals surface area contributed by atoms with E-state index < -0.39 is 10.0 Å². The van der Waals surface area contributed by atoms with Crippen LogP contribution in [0, 0.1) is 0 Å². The molecule has 0 bridgehead atoms. The zero-order valence-corrected chi connectivity index (χ0v) is 17.3. The van der Waals surface area contributed by atoms with Crippen LogP contribution >= 0.6 is 0 Å². The number of carbonyl (C=O) groups is 1. The molecule has 6 nitrogen and oxygen atoms in total. The Labute approximate surface area is 166 Å². The average Bonchev–Trinajstić information content (AvgIpc) is 3.13. The smallest absolute Gasteiger partial charge is 0.258 e. The molecule has 0 fully saturated rings. The second kappa shape index (κ2) is 8.22. The van der Waals surface area contributed by atoms with Crippen molar-refractivity contribution in [3.8, 4) is 5.75 Å². The Morgan fingerprint density at radius 1 is 1.14 bits per heavy atom. The number of sulfonamides is 1. The molecule has 1 atom stereocenters. The highest BCUT2D eigenvalue weighted by molar-refractivity contribution is 7.92. The molecule has 0 unspecified atom stereocenters. The molecular formula is C21H26N2O4S. The SMILES string of the molecule is C[C@@H](NC(=O)COc1ccc(N(C)S(C)(=O)=O)cc1)c1ccc2c(c1)CCC2. The molecule has 0 saturated heterocycles. The van der Waals surface area contributed by atoms with Crippen LogP contribution in [0.1, 0.15) is 36.1 Å². The van der Waals surface area contributed by atoms with Gasteiger partial charge in [-0.05, 0) is 67.1 Å². The lowest BCUT2D eigenvalue weighted by molar-refractivity contribution is -0.123. The number of hydrogen-bond donors (Lipinski definition) is 1. The Balaban J connectivity index is 1.52. The molecule has 0 spiro atoms. The van der Waals surface area contributed by atoms with Gasteiger partial charge < -0.3 is 10.1 Å². The molecule has 1 N–H and O–H groups in total. The minimum Gasteiger partial charge on any atom is -0.484 e. The standard InChI is InChI=1S/C21H26N2O4S/c1-15(17-8-7-16-5-4-6-18(16)13-17)22-21(24)14-27-20-11-9-19(10-12-20)23(2)28(3,25)26/h7-13,15H,4-6,14H2,1-3H3,(H,22,24)/t15-/m1/s1. The van der Waals surface area contributed by atoms with Crippen molar-refractivity contribution < 1.29 is 17.9 Å². The first kappa shape index (κ1) is 20.2. The fraction of sp³-hybridized carbons (Fsp3) is 0.381. The largest absolute Gasteiger partial charge is 0.484 e. The predicted octanol–water partition coefficient (Wildman–Crippen LogP) is 2.83. The molecule has 1 aliphatic carbocycles. The summed E-state index contributed by atoms with van der Waals surface area (Å²) in [6.45, 7) is 1.86. The molecule has 0 saturated carbocycles. The molecule has 150 valence electrons. The quantitative estimate of drug-likeness (QED) is 0.773. The highest BCUT2D eigenvalue weighted by Crippen LogP contribution is 2.25. The third-order valence-electron chi connectivity index (χ3n) is 5.07. The van der Waals surface area contributed by atoms with E-state index in [0.29, 0.717) is 11.4 Å². The number of carbonyl (C=O) groups excluding carboxylic acids is 1. The van der Waals surface area contributed by atoms with Gasteiger partial charge in [0.2, 0.25) is 10.0 Å². The molecule has 3 rings (SSSR count). The van der Waals surface area contributed by atoms with Crippen LogP contribution in [-0.2, 0) is 27.7 Å². The second-order valence-electron chi connectivity index (χ2n) is 7.18. The zero-order chi connectivity index (χ0) is 20.3. The van der Waals surface area contributed by atoms with Gasteiger partial charge >= 0.3 is 0 Å². The Morgan fingerprint density at radius 2 is 1.82 bits per heavy atom. The van der Waals surface area contributed by atoms with Crippen LogP contribution in [0.5, 0.6) is 5.75 Å². The lowest BCUT2D eigenvalue weighted by Crippen LogP contribution is -2.31. The topological polar surface area (TPSA) is 75.7 Å². The summed E-state index contributed by atoms with van der Waals surface area (Å²) < 4.78 is 29.8. The first-order valence-corrected chi connectivity index (χ1v) is 11.2. The number of benzene rings is 2. The van der Waals surface area contributed by atoms with Crippen molar-refractivity contribution in [2.24, 2.45) is 0 Å². The monoisotopic (exact) mass is 402 g/mol. The van der Waals surface area contributed by atoms with E-state index in [2.05, 4.69) is 23.5 Å². The number of amides is 1. The molecule has 1 aliphatic rings. The Morgan fingerprint density at radius 3 is 2.50 bits per heavy atom. The number of nitrogens with one attached hydrogen (secondary N) is 1. The summed E-state index contributed by atoms with van der Waals surface area (Å²) in [6, 6.07) is 12.9. The van der Waals surface area contributed by atoms with Crippen LogP contribution in [0.4, 0.5) is 5.69 Å². The van der Waals surface area contributed by atoms with E-state index in [-0.39, 0.29) is 18.6 Å². The fourth-order valence-electron chi connectivity index (χ4n) is 3.32. The number of aryl methyl sites for hydroxylation is 2. The highest BCUT2D eigenvalue weighted by atomic mass is 32.2. The normalized spacial score (nSPS) is 14.2. The summed E-state index contributed by atoms with van der Waals surface area (Å²) >= 11 is 0. The number of rotatable bonds is 7. The van der Waals surface area contributed by atoms with Gasteiger partial charge in [-0.1, -0.05) is 18.2 Å². The molecule has 1 amide bonds. The van der Waals surface area contributed by atoms with Crippen LogP contribution in [0.25, 0.3) is 0 Å². The molecular weight excluding hydrogens is 376 g/mol. The fourth-order valence-corrected chi connectivity index (χ4v) is 3.82. The van der Waals surface area contributed by atoms with Crippen LogP contribution < -0.4 is 14.4 Å². The summed E-state index contributed by atoms with van der Waals surface area (Å²) in [5.74, 6) is 0.302. The van der Waals surface area contributed by atoms with Crippen molar-refractivity contribution in [3.63, 3.8) is 0 Å². The summed E-state index contributed by atoms with van der Waals surface area (Å²) in [6.07, 6.45) is 4.59. The summed E-state index contributed by atoms with van der Waals surface area (Å²) in [4.78, 5) is 12.2. The third kappa shape index (κ3) is 4.84. The van der Waals surface area contributed by atoms with E-state index in [1.54, 1.807) is 24.3 Å². The van der Waals surface area contributed by atoms with E-state index in [1.807, 2.05) is 6.92 Å². The van der Waals surface area contributed by atoms with Gasteiger partial charge in [0.25, 0.3) is 5.91 Å². The van der Waals surface area contributed by atoms with Gasteiger partial charge in [-0.25, -0.2) is 8.42 Å². The molecule has 0 aromatic heterocycles. The van der Waals surface area contributed by atoms with E-state index in [0.717, 1.165) is 24.7 Å². The Bertz CT molecular complexity index is 955. The molecule has 2 aromatic carbocycles. The molecule has 0 aliphatic heterocycles. The van der Waals surface area contributed by atoms with E-state index in [4.69, 9.17) is 4.74 Å². The number of ether oxygens (including phenoxy) is 1. The lowest BCUT2D eigenvalue weighted by Gasteiger charge is -2.17. The van der Waals surface area contributed by atoms with Crippen molar-refractivity contribution in [2.45, 2.75) is 32.2 Å². The molecule has 28 heavy (non-hydrogen) atoms. The van der Waals surface area contributed by atoms with Gasteiger partial charge in [0.1, 0.15) is 5.75 Å². The Kier molecular flexibility index (Phi) is 5.93. The zero-order valence-electron chi connectivity index (χ0n) is 16.4. The number of nitrogens with zero attached hydrogens (tertiary/aromatic N) is 1. The van der Waals surface area contributed by atoms with Crippen molar-refractivity contribution in [2.75, 3.05) is 24.2 Å². The van der Waals surface area contributed by atoms with Gasteiger partial charge in [0.15, 0.2) is 6.61 Å². The maximum atomic E-state index is 12.2. The van der Waals surface area contributed by atoms with Gasteiger partial charge in [0, 0.05) is 7.05 Å². The van der Waals surface area contributed by atoms with Gasteiger partial charge in [-0.3, -0.25) is 9.10 Å². The second-order valence-corrected chi connectivity index (χ2v) is 9.20. The maximum Gasteiger partial charge on any atom is 0.258 e. The van der Waals surface area contributed by atoms with E-state index in [1.165, 1.54) is 28.9 Å². The number of hydrogen-bond acceptors (Lipinski definition) is 4. The van der Waals surface area contributed by atoms with Gasteiger partial charge in [0.05, 0.1) is 18.0 Å². The lowest BCUT2D eigenvalue weighted by atomic mass is 10.0. The van der Waals surface area contributed by atoms with Gasteiger partial charge in [-0.15, -0.1) is 0 Å². The molecule has 7 heteroatoms. The van der Waals surface area contributed by atoms with Crippen molar-refractivity contribution in [3.05, 3.63) is 59.2 Å². The van der Waals surface area contributed by atoms with Gasteiger partial charge in [-0.2, -0.15) is 0 Å². The molecule has 0 heterocycles. The average molecular weight is 403 g/mol. The third-order valence-corrected chi connectivity index (χ3v) is 6.27. The van der Waals surface area contributed by atoms with Crippen LogP contribution in [0.15, 0.2) is 42.5 Å². The summed E-state index contributed by atoms with van der Waals surface area (Å²) in [5.41, 5.74) is 4.43. The first-order chi connectivity index (χ1) is 13.2. The molecule has 2 aromatic rings. The first-order valence-electron chi connectivity index (χ1n) is 9.32. The van der Waals surface area contributed by atoms with Crippen molar-refractivity contribution >= 4 is 21.6 Å². The van der Waals surface area contributed by atoms with E-state index >= 15 is 0 Å². The predicted molar refractivity (Wildman–Crippen MR) is 110 cm³/mol. The van der Waals surface area contributed by atoms with Crippen LogP contribution in [0.3, 0.4) is 0 Å². The van der Waals surface area contributed by atoms with Crippen LogP contribution in [-0.4, -0.2) is 34.2 Å². The summed E-state index contributed by atoms with van der Waals surface area (Å²) in [5, 5.41) is 2.96. The Hall–Kier alpha value is -2.54. The summed E-state index contributed by atoms with van der Waals surface area (Å²) in [7, 11) is -1.82. The van der Waals surface area contributed by atoms with Crippen molar-refractivity contribution in [1.82, 2.24) is 5.32 Å². The minimum absolute atomic E-state index is 0.0900. The number of anilines is 1. The highest BCUT2D eigenvalue weighted by Gasteiger charge is 2.15. The van der Waals surface area contributed by atoms with Crippen molar-refractivity contribution in [1.29, 1.82) is 0 Å². The van der Waals surface area contributed by atoms with Crippen LogP contribution in [0.2, 0.25) is 0 Å². The van der Waals surface area contributed by atoms with E-state index in [9.17, 15) is 13.2 Å². The number of fused-ring (bicyclic) bond motifs is 1.